The van der Waals surface area contributed by atoms with Crippen molar-refractivity contribution >= 4 is 11.6 Å². The molecule has 3 rings (SSSR count). The van der Waals surface area contributed by atoms with Crippen LogP contribution < -0.4 is 9.47 Å². The summed E-state index contributed by atoms with van der Waals surface area (Å²) >= 11 is 6.11. The molecular formula is C15H15ClN2O2. The van der Waals surface area contributed by atoms with E-state index in [-0.39, 0.29) is 0 Å². The molecule has 1 saturated carbocycles. The Hall–Kier alpha value is -1.81. The second-order valence-electron chi connectivity index (χ2n) is 4.78. The third-order valence-electron chi connectivity index (χ3n) is 3.36. The van der Waals surface area contributed by atoms with Gasteiger partial charge < -0.3 is 9.47 Å². The molecule has 0 atom stereocenters. The Morgan fingerprint density at radius 3 is 2.55 bits per heavy atom. The lowest BCUT2D eigenvalue weighted by Gasteiger charge is -2.10. The molecule has 0 spiro atoms. The molecule has 1 aliphatic carbocycles. The van der Waals surface area contributed by atoms with Crippen molar-refractivity contribution < 1.29 is 9.47 Å². The fourth-order valence-electron chi connectivity index (χ4n) is 2.13. The smallest absolute Gasteiger partial charge is 0.164 e. The normalized spacial score (nSPS) is 14.2. The summed E-state index contributed by atoms with van der Waals surface area (Å²) in [5.74, 6) is 2.53. The largest absolute Gasteiger partial charge is 0.497 e. The minimum atomic E-state index is 0.467. The van der Waals surface area contributed by atoms with Crippen LogP contribution in [-0.4, -0.2) is 24.2 Å². The molecule has 0 saturated heterocycles. The zero-order chi connectivity index (χ0) is 14.1. The van der Waals surface area contributed by atoms with Gasteiger partial charge in [-0.2, -0.15) is 0 Å². The van der Waals surface area contributed by atoms with Crippen molar-refractivity contribution in [3.63, 3.8) is 0 Å². The van der Waals surface area contributed by atoms with Gasteiger partial charge >= 0.3 is 0 Å². The number of aromatic nitrogens is 2. The van der Waals surface area contributed by atoms with Crippen LogP contribution in [0.15, 0.2) is 24.3 Å². The first-order valence-electron chi connectivity index (χ1n) is 6.48. The third-order valence-corrected chi connectivity index (χ3v) is 3.55. The molecule has 104 valence electrons. The fourth-order valence-corrected chi connectivity index (χ4v) is 2.32. The van der Waals surface area contributed by atoms with Gasteiger partial charge in [0, 0.05) is 17.7 Å². The lowest BCUT2D eigenvalue weighted by molar-refractivity contribution is 0.395. The Morgan fingerprint density at radius 2 is 1.90 bits per heavy atom. The highest BCUT2D eigenvalue weighted by atomic mass is 35.5. The van der Waals surface area contributed by atoms with Crippen LogP contribution in [0.3, 0.4) is 0 Å². The van der Waals surface area contributed by atoms with E-state index in [1.165, 1.54) is 12.8 Å². The predicted octanol–water partition coefficient (Wildman–Crippen LogP) is 3.69. The predicted molar refractivity (Wildman–Crippen MR) is 77.6 cm³/mol. The first kappa shape index (κ1) is 13.2. The summed E-state index contributed by atoms with van der Waals surface area (Å²) in [4.78, 5) is 8.93. The molecule has 0 radical (unpaired) electrons. The van der Waals surface area contributed by atoms with E-state index in [1.807, 2.05) is 24.3 Å². The second-order valence-corrected chi connectivity index (χ2v) is 5.17. The van der Waals surface area contributed by atoms with E-state index >= 15 is 0 Å². The highest BCUT2D eigenvalue weighted by Crippen LogP contribution is 2.41. The summed E-state index contributed by atoms with van der Waals surface area (Å²) in [6.07, 6.45) is 2.35. The van der Waals surface area contributed by atoms with Gasteiger partial charge in [0.2, 0.25) is 0 Å². The highest BCUT2D eigenvalue weighted by molar-refractivity contribution is 6.29. The lowest BCUT2D eigenvalue weighted by atomic mass is 10.1. The van der Waals surface area contributed by atoms with Gasteiger partial charge in [-0.15, -0.1) is 0 Å². The summed E-state index contributed by atoms with van der Waals surface area (Å²) in [7, 11) is 3.24. The number of hydrogen-bond acceptors (Lipinski definition) is 4. The minimum Gasteiger partial charge on any atom is -0.497 e. The SMILES string of the molecule is COc1ccc(-c2nc(Cl)cc(C3CC3)n2)c(OC)c1. The van der Waals surface area contributed by atoms with Gasteiger partial charge in [-0.3, -0.25) is 0 Å². The van der Waals surface area contributed by atoms with Crippen LogP contribution in [0.5, 0.6) is 11.5 Å². The van der Waals surface area contributed by atoms with E-state index in [1.54, 1.807) is 14.2 Å². The molecule has 1 aliphatic rings. The van der Waals surface area contributed by atoms with Gasteiger partial charge in [0.05, 0.1) is 19.8 Å². The van der Waals surface area contributed by atoms with Crippen LogP contribution in [0.4, 0.5) is 0 Å². The highest BCUT2D eigenvalue weighted by Gasteiger charge is 2.26. The number of hydrogen-bond donors (Lipinski definition) is 0. The summed E-state index contributed by atoms with van der Waals surface area (Å²) in [5, 5.41) is 0.467. The maximum atomic E-state index is 6.11. The summed E-state index contributed by atoms with van der Waals surface area (Å²) < 4.78 is 10.6. The topological polar surface area (TPSA) is 44.2 Å². The Balaban J connectivity index is 2.07. The van der Waals surface area contributed by atoms with E-state index in [0.717, 1.165) is 17.0 Å². The van der Waals surface area contributed by atoms with E-state index in [2.05, 4.69) is 9.97 Å². The monoisotopic (exact) mass is 290 g/mol. The first-order chi connectivity index (χ1) is 9.71. The number of ether oxygens (including phenoxy) is 2. The van der Waals surface area contributed by atoms with Crippen LogP contribution in [0.2, 0.25) is 5.15 Å². The maximum Gasteiger partial charge on any atom is 0.164 e. The average Bonchev–Trinajstić information content (AvgIpc) is 3.30. The molecule has 4 nitrogen and oxygen atoms in total. The van der Waals surface area contributed by atoms with Gasteiger partial charge in [0.15, 0.2) is 5.82 Å². The fraction of sp³-hybridized carbons (Fsp3) is 0.333. The second kappa shape index (κ2) is 5.29. The van der Waals surface area contributed by atoms with Crippen molar-refractivity contribution in [3.8, 4) is 22.9 Å². The molecule has 1 aromatic carbocycles. The van der Waals surface area contributed by atoms with E-state index in [0.29, 0.717) is 22.6 Å². The number of methoxy groups -OCH3 is 2. The quantitative estimate of drug-likeness (QED) is 0.806. The minimum absolute atomic E-state index is 0.467. The van der Waals surface area contributed by atoms with Crippen molar-refractivity contribution in [3.05, 3.63) is 35.1 Å². The molecule has 1 aromatic heterocycles. The summed E-state index contributed by atoms with van der Waals surface area (Å²) in [5.41, 5.74) is 1.83. The zero-order valence-corrected chi connectivity index (χ0v) is 12.1. The Kier molecular flexibility index (Phi) is 3.49. The molecule has 2 aromatic rings. The molecule has 1 heterocycles. The molecule has 1 fully saturated rings. The van der Waals surface area contributed by atoms with Gasteiger partial charge in [-0.1, -0.05) is 11.6 Å². The van der Waals surface area contributed by atoms with Gasteiger partial charge in [0.1, 0.15) is 16.7 Å². The van der Waals surface area contributed by atoms with E-state index in [4.69, 9.17) is 21.1 Å². The maximum absolute atomic E-state index is 6.11. The van der Waals surface area contributed by atoms with E-state index < -0.39 is 0 Å². The van der Waals surface area contributed by atoms with Crippen LogP contribution in [0.25, 0.3) is 11.4 Å². The molecule has 20 heavy (non-hydrogen) atoms. The molecule has 5 heteroatoms. The standard InChI is InChI=1S/C15H15ClN2O2/c1-19-10-5-6-11(13(7-10)20-2)15-17-12(9-3-4-9)8-14(16)18-15/h5-9H,3-4H2,1-2H3. The molecule has 0 N–H and O–H groups in total. The lowest BCUT2D eigenvalue weighted by Crippen LogP contribution is -1.97. The molecule has 0 unspecified atom stereocenters. The summed E-state index contributed by atoms with van der Waals surface area (Å²) in [6, 6.07) is 7.41. The van der Waals surface area contributed by atoms with Gasteiger partial charge in [0.25, 0.3) is 0 Å². The third kappa shape index (κ3) is 2.56. The van der Waals surface area contributed by atoms with Crippen molar-refractivity contribution in [1.29, 1.82) is 0 Å². The molecule has 0 bridgehead atoms. The van der Waals surface area contributed by atoms with E-state index in [9.17, 15) is 0 Å². The zero-order valence-electron chi connectivity index (χ0n) is 11.4. The average molecular weight is 291 g/mol. The number of nitrogens with zero attached hydrogens (tertiary/aromatic N) is 2. The number of benzene rings is 1. The van der Waals surface area contributed by atoms with Crippen molar-refractivity contribution in [2.75, 3.05) is 14.2 Å². The Bertz CT molecular complexity index is 642. The van der Waals surface area contributed by atoms with Crippen LogP contribution in [-0.2, 0) is 0 Å². The number of rotatable bonds is 4. The Morgan fingerprint density at radius 1 is 1.10 bits per heavy atom. The van der Waals surface area contributed by atoms with Gasteiger partial charge in [-0.25, -0.2) is 9.97 Å². The van der Waals surface area contributed by atoms with Crippen LogP contribution in [0, 0.1) is 0 Å². The number of halogens is 1. The van der Waals surface area contributed by atoms with Crippen molar-refractivity contribution in [2.24, 2.45) is 0 Å². The van der Waals surface area contributed by atoms with Crippen molar-refractivity contribution in [1.82, 2.24) is 9.97 Å². The van der Waals surface area contributed by atoms with Crippen LogP contribution in [0.1, 0.15) is 24.5 Å². The molecule has 0 amide bonds. The van der Waals surface area contributed by atoms with Crippen LogP contribution >= 0.6 is 11.6 Å². The van der Waals surface area contributed by atoms with Gasteiger partial charge in [-0.05, 0) is 31.0 Å². The molecular weight excluding hydrogens is 276 g/mol. The Labute approximate surface area is 122 Å². The first-order valence-corrected chi connectivity index (χ1v) is 6.86. The molecule has 0 aliphatic heterocycles. The van der Waals surface area contributed by atoms with Crippen molar-refractivity contribution in [2.45, 2.75) is 18.8 Å². The summed E-state index contributed by atoms with van der Waals surface area (Å²) in [6.45, 7) is 0.